The number of benzene rings is 4. The monoisotopic (exact) mass is 576 g/mol. The summed E-state index contributed by atoms with van der Waals surface area (Å²) in [4.78, 5) is 25.1. The van der Waals surface area contributed by atoms with Crippen molar-refractivity contribution in [3.63, 3.8) is 0 Å². The van der Waals surface area contributed by atoms with Gasteiger partial charge in [-0.25, -0.2) is 9.59 Å². The van der Waals surface area contributed by atoms with Crippen LogP contribution in [-0.2, 0) is 22.5 Å². The van der Waals surface area contributed by atoms with E-state index in [0.29, 0.717) is 24.7 Å². The van der Waals surface area contributed by atoms with Gasteiger partial charge in [0.05, 0.1) is 13.7 Å². The van der Waals surface area contributed by atoms with Gasteiger partial charge >= 0.3 is 12.1 Å². The van der Waals surface area contributed by atoms with Gasteiger partial charge < -0.3 is 29.2 Å². The second kappa shape index (κ2) is 12.3. The van der Waals surface area contributed by atoms with Crippen molar-refractivity contribution in [3.05, 3.63) is 120 Å². The molecule has 8 heteroatoms. The third-order valence-electron chi connectivity index (χ3n) is 7.89. The summed E-state index contributed by atoms with van der Waals surface area (Å²) in [6.07, 6.45) is 1.26. The van der Waals surface area contributed by atoms with E-state index in [1.54, 1.807) is 7.11 Å². The Kier molecular flexibility index (Phi) is 8.00. The number of nitrogens with one attached hydrogen (secondary N) is 1. The summed E-state index contributed by atoms with van der Waals surface area (Å²) in [6, 6.07) is 30.2. The molecule has 1 aliphatic rings. The number of hydrogen-bond acceptors (Lipinski definition) is 5. The van der Waals surface area contributed by atoms with Crippen molar-refractivity contribution in [3.8, 4) is 22.6 Å². The lowest BCUT2D eigenvalue weighted by atomic mass is 9.98. The van der Waals surface area contributed by atoms with Crippen LogP contribution in [-0.4, -0.2) is 48.1 Å². The zero-order chi connectivity index (χ0) is 29.8. The highest BCUT2D eigenvalue weighted by Gasteiger charge is 2.30. The van der Waals surface area contributed by atoms with E-state index in [2.05, 4.69) is 17.4 Å². The van der Waals surface area contributed by atoms with Crippen LogP contribution in [0.25, 0.3) is 22.0 Å². The minimum absolute atomic E-state index is 0.0976. The minimum atomic E-state index is -1.17. The van der Waals surface area contributed by atoms with Gasteiger partial charge in [-0.1, -0.05) is 78.9 Å². The fourth-order valence-electron chi connectivity index (χ4n) is 5.86. The Morgan fingerprint density at radius 3 is 2.19 bits per heavy atom. The van der Waals surface area contributed by atoms with Crippen LogP contribution in [0.15, 0.2) is 103 Å². The van der Waals surface area contributed by atoms with Crippen molar-refractivity contribution >= 4 is 23.0 Å². The summed E-state index contributed by atoms with van der Waals surface area (Å²) >= 11 is 0. The highest BCUT2D eigenvalue weighted by Crippen LogP contribution is 2.44. The Morgan fingerprint density at radius 1 is 0.860 bits per heavy atom. The maximum atomic E-state index is 12.9. The molecule has 2 N–H and O–H groups in total. The van der Waals surface area contributed by atoms with Crippen LogP contribution in [0.2, 0.25) is 0 Å². The molecule has 8 nitrogen and oxygen atoms in total. The molecule has 1 aromatic heterocycles. The maximum absolute atomic E-state index is 12.9. The lowest BCUT2D eigenvalue weighted by Crippen LogP contribution is -2.42. The number of amides is 1. The average Bonchev–Trinajstić information content (AvgIpc) is 3.55. The molecule has 1 aliphatic carbocycles. The van der Waals surface area contributed by atoms with Gasteiger partial charge in [-0.05, 0) is 46.0 Å². The molecular weight excluding hydrogens is 544 g/mol. The van der Waals surface area contributed by atoms with E-state index in [1.807, 2.05) is 95.7 Å². The number of carbonyl (C=O) groups excluding carboxylic acids is 1. The summed E-state index contributed by atoms with van der Waals surface area (Å²) in [7, 11) is 1.60. The number of alkyl carbamates (subject to hydrolysis) is 1. The number of fused-ring (bicyclic) bond motifs is 4. The lowest BCUT2D eigenvalue weighted by Gasteiger charge is -2.17. The molecule has 218 valence electrons. The molecule has 1 amide bonds. The molecule has 6 rings (SSSR count). The number of aromatic nitrogens is 1. The molecule has 43 heavy (non-hydrogen) atoms. The zero-order valence-electron chi connectivity index (χ0n) is 23.7. The first-order chi connectivity index (χ1) is 21.0. The summed E-state index contributed by atoms with van der Waals surface area (Å²) in [5.74, 6) is 0.0615. The number of para-hydroxylation sites is 3. The third kappa shape index (κ3) is 5.77. The van der Waals surface area contributed by atoms with E-state index in [-0.39, 0.29) is 18.9 Å². The molecule has 0 saturated heterocycles. The number of carboxylic acids is 1. The predicted molar refractivity (Wildman–Crippen MR) is 164 cm³/mol. The molecule has 0 bridgehead atoms. The Morgan fingerprint density at radius 2 is 1.49 bits per heavy atom. The molecule has 1 atom stereocenters. The van der Waals surface area contributed by atoms with E-state index < -0.39 is 18.1 Å². The second-order valence-corrected chi connectivity index (χ2v) is 10.4. The highest BCUT2D eigenvalue weighted by atomic mass is 16.5. The number of rotatable bonds is 11. The van der Waals surface area contributed by atoms with Crippen molar-refractivity contribution in [1.82, 2.24) is 9.88 Å². The number of carboxylic acid groups (broad SMARTS) is 1. The first kappa shape index (κ1) is 27.9. The van der Waals surface area contributed by atoms with Gasteiger partial charge in [0.25, 0.3) is 0 Å². The predicted octanol–water partition coefficient (Wildman–Crippen LogP) is 6.26. The molecule has 4 aromatic carbocycles. The molecule has 1 unspecified atom stereocenters. The Hall–Kier alpha value is -5.24. The van der Waals surface area contributed by atoms with E-state index in [1.165, 1.54) is 0 Å². The van der Waals surface area contributed by atoms with Crippen molar-refractivity contribution in [1.29, 1.82) is 0 Å². The summed E-state index contributed by atoms with van der Waals surface area (Å²) in [5.41, 5.74) is 6.19. The number of nitrogens with zero attached hydrogens (tertiary/aromatic N) is 1. The fourth-order valence-corrected chi connectivity index (χ4v) is 5.86. The molecule has 0 saturated carbocycles. The van der Waals surface area contributed by atoms with Crippen LogP contribution in [0.1, 0.15) is 22.6 Å². The van der Waals surface area contributed by atoms with Gasteiger partial charge in [0, 0.05) is 29.4 Å². The third-order valence-corrected chi connectivity index (χ3v) is 7.89. The average molecular weight is 577 g/mol. The smallest absolute Gasteiger partial charge is 0.407 e. The molecule has 0 spiro atoms. The van der Waals surface area contributed by atoms with Gasteiger partial charge in [-0.3, -0.25) is 0 Å². The van der Waals surface area contributed by atoms with Crippen LogP contribution in [0, 0.1) is 0 Å². The number of carbonyl (C=O) groups is 2. The van der Waals surface area contributed by atoms with Crippen LogP contribution >= 0.6 is 0 Å². The van der Waals surface area contributed by atoms with Crippen molar-refractivity contribution in [2.75, 3.05) is 20.3 Å². The zero-order valence-corrected chi connectivity index (χ0v) is 23.7. The molecule has 0 aliphatic heterocycles. The van der Waals surface area contributed by atoms with Gasteiger partial charge in [-0.2, -0.15) is 0 Å². The number of aliphatic carboxylic acids is 1. The van der Waals surface area contributed by atoms with Gasteiger partial charge in [-0.15, -0.1) is 0 Å². The highest BCUT2D eigenvalue weighted by molar-refractivity contribution is 5.86. The summed E-state index contributed by atoms with van der Waals surface area (Å²) in [5, 5.41) is 13.5. The standard InChI is InChI=1S/C35H32N2O6/c1-41-32-16-8-9-17-33(32)42-19-18-37-21-23(24-10-6-7-15-31(24)37)20-30(34(38)39)36-35(40)43-22-29-27-13-4-2-11-25(27)26-12-3-5-14-28(26)29/h2-17,21,29-30H,18-20,22H2,1H3,(H,36,40)(H,38,39). The number of methoxy groups -OCH3 is 1. The molecule has 5 aromatic rings. The number of ether oxygens (including phenoxy) is 3. The Balaban J connectivity index is 1.13. The van der Waals surface area contributed by atoms with Crippen LogP contribution in [0.5, 0.6) is 11.5 Å². The SMILES string of the molecule is COc1ccccc1OCCn1cc(CC(NC(=O)OCC2c3ccccc3-c3ccccc32)C(=O)O)c2ccccc21. The van der Waals surface area contributed by atoms with E-state index in [9.17, 15) is 14.7 Å². The summed E-state index contributed by atoms with van der Waals surface area (Å²) in [6.45, 7) is 1.03. The topological polar surface area (TPSA) is 99.0 Å². The first-order valence-electron chi connectivity index (χ1n) is 14.2. The molecule has 0 radical (unpaired) electrons. The molecule has 0 fully saturated rings. The largest absolute Gasteiger partial charge is 0.493 e. The van der Waals surface area contributed by atoms with Crippen LogP contribution < -0.4 is 14.8 Å². The van der Waals surface area contributed by atoms with E-state index in [4.69, 9.17) is 14.2 Å². The fraction of sp³-hybridized carbons (Fsp3) is 0.200. The Bertz CT molecular complexity index is 1730. The molecular formula is C35H32N2O6. The van der Waals surface area contributed by atoms with E-state index >= 15 is 0 Å². The van der Waals surface area contributed by atoms with Gasteiger partial charge in [0.2, 0.25) is 0 Å². The number of hydrogen-bond donors (Lipinski definition) is 2. The van der Waals surface area contributed by atoms with Crippen molar-refractivity contribution < 1.29 is 28.9 Å². The molecule has 1 heterocycles. The normalized spacial score (nSPS) is 12.8. The quantitative estimate of drug-likeness (QED) is 0.193. The van der Waals surface area contributed by atoms with Crippen LogP contribution in [0.4, 0.5) is 4.79 Å². The second-order valence-electron chi connectivity index (χ2n) is 10.4. The lowest BCUT2D eigenvalue weighted by molar-refractivity contribution is -0.139. The van der Waals surface area contributed by atoms with Crippen LogP contribution in [0.3, 0.4) is 0 Å². The Labute approximate surface area is 249 Å². The van der Waals surface area contributed by atoms with Crippen molar-refractivity contribution in [2.24, 2.45) is 0 Å². The maximum Gasteiger partial charge on any atom is 0.407 e. The van der Waals surface area contributed by atoms with Crippen molar-refractivity contribution in [2.45, 2.75) is 24.9 Å². The van der Waals surface area contributed by atoms with Gasteiger partial charge in [0.1, 0.15) is 19.3 Å². The summed E-state index contributed by atoms with van der Waals surface area (Å²) < 4.78 is 19.0. The van der Waals surface area contributed by atoms with Gasteiger partial charge in [0.15, 0.2) is 11.5 Å². The van der Waals surface area contributed by atoms with E-state index in [0.717, 1.165) is 38.7 Å². The first-order valence-corrected chi connectivity index (χ1v) is 14.2. The minimum Gasteiger partial charge on any atom is -0.493 e.